The zero-order valence-electron chi connectivity index (χ0n) is 29.5. The molecule has 11 nitrogen and oxygen atoms in total. The van der Waals surface area contributed by atoms with Crippen LogP contribution in [-0.4, -0.2) is 102 Å². The van der Waals surface area contributed by atoms with E-state index >= 15 is 8.78 Å². The number of halogens is 2. The van der Waals surface area contributed by atoms with Gasteiger partial charge in [0.2, 0.25) is 11.8 Å². The lowest BCUT2D eigenvalue weighted by Gasteiger charge is -2.43. The molecule has 0 spiro atoms. The van der Waals surface area contributed by atoms with Crippen molar-refractivity contribution in [3.05, 3.63) is 65.9 Å². The van der Waals surface area contributed by atoms with E-state index in [0.29, 0.717) is 41.8 Å². The second-order valence-electron chi connectivity index (χ2n) is 14.7. The van der Waals surface area contributed by atoms with E-state index in [4.69, 9.17) is 25.6 Å². The van der Waals surface area contributed by atoms with Gasteiger partial charge in [0.25, 0.3) is 0 Å². The van der Waals surface area contributed by atoms with Crippen molar-refractivity contribution < 1.29 is 38.0 Å². The number of phenols is 1. The number of terminal acetylenes is 1. The third-order valence-electron chi connectivity index (χ3n) is 11.1. The molecule has 3 atom stereocenters. The third-order valence-corrected chi connectivity index (χ3v) is 11.1. The van der Waals surface area contributed by atoms with E-state index in [1.54, 1.807) is 6.92 Å². The molecule has 2 aromatic heterocycles. The van der Waals surface area contributed by atoms with Gasteiger partial charge < -0.3 is 34.6 Å². The average molecular weight is 726 g/mol. The van der Waals surface area contributed by atoms with E-state index in [0.717, 1.165) is 32.5 Å². The number of nitrogens with one attached hydrogen (secondary N) is 1. The molecule has 1 aliphatic carbocycles. The quantitative estimate of drug-likeness (QED) is 0.186. The first-order chi connectivity index (χ1) is 25.5. The fourth-order valence-corrected chi connectivity index (χ4v) is 8.28. The van der Waals surface area contributed by atoms with Crippen molar-refractivity contribution in [1.82, 2.24) is 20.2 Å². The van der Waals surface area contributed by atoms with Crippen molar-refractivity contribution >= 4 is 33.3 Å². The number of fused-ring (bicyclic) bond motifs is 3. The summed E-state index contributed by atoms with van der Waals surface area (Å²) in [5.74, 6) is 0.416. The van der Waals surface area contributed by atoms with Gasteiger partial charge in [-0.25, -0.2) is 13.8 Å². The number of carbonyl (C=O) groups is 1. The highest BCUT2D eigenvalue weighted by atomic mass is 19.1. The Morgan fingerprint density at radius 1 is 1.19 bits per heavy atom. The first kappa shape index (κ1) is 35.2. The van der Waals surface area contributed by atoms with Gasteiger partial charge in [-0.3, -0.25) is 14.7 Å². The lowest BCUT2D eigenvalue weighted by atomic mass is 9.80. The fourth-order valence-electron chi connectivity index (χ4n) is 8.28. The molecule has 0 bridgehead atoms. The van der Waals surface area contributed by atoms with E-state index in [1.165, 1.54) is 36.5 Å². The number of hydrogen-bond donors (Lipinski definition) is 3. The molecule has 3 N–H and O–H groups in total. The van der Waals surface area contributed by atoms with Crippen LogP contribution in [0.3, 0.4) is 0 Å². The van der Waals surface area contributed by atoms with Crippen molar-refractivity contribution in [2.24, 2.45) is 5.41 Å². The minimum absolute atomic E-state index is 0.0905. The number of aromatic hydroxyl groups is 1. The molecule has 1 amide bonds. The zero-order chi connectivity index (χ0) is 37.1. The molecular weight excluding hydrogens is 684 g/mol. The van der Waals surface area contributed by atoms with E-state index in [9.17, 15) is 15.0 Å². The zero-order valence-corrected chi connectivity index (χ0v) is 29.5. The first-order valence-corrected chi connectivity index (χ1v) is 17.9. The number of amides is 1. The van der Waals surface area contributed by atoms with Crippen LogP contribution in [0.5, 0.6) is 11.6 Å². The lowest BCUT2D eigenvalue weighted by molar-refractivity contribution is -0.117. The molecule has 8 rings (SSSR count). The molecule has 5 heterocycles. The summed E-state index contributed by atoms with van der Waals surface area (Å²) in [5, 5.41) is 26.9. The Labute approximate surface area is 305 Å². The number of rotatable bonds is 7. The van der Waals surface area contributed by atoms with E-state index in [2.05, 4.69) is 27.7 Å². The molecule has 2 saturated heterocycles. The monoisotopic (exact) mass is 725 g/mol. The number of phenolic OH excluding ortho intramolecular Hbond substituents is 1. The smallest absolute Gasteiger partial charge is 0.243 e. The Morgan fingerprint density at radius 3 is 2.70 bits per heavy atom. The van der Waals surface area contributed by atoms with Crippen LogP contribution in [-0.2, 0) is 19.9 Å². The summed E-state index contributed by atoms with van der Waals surface area (Å²) in [7, 11) is 0. The normalized spacial score (nSPS) is 24.2. The molecule has 1 unspecified atom stereocenters. The van der Waals surface area contributed by atoms with Gasteiger partial charge in [0, 0.05) is 67.1 Å². The van der Waals surface area contributed by atoms with Crippen LogP contribution in [0.25, 0.3) is 32.9 Å². The summed E-state index contributed by atoms with van der Waals surface area (Å²) in [5.41, 5.74) is -1.09. The highest BCUT2D eigenvalue weighted by Gasteiger charge is 2.56. The minimum Gasteiger partial charge on any atom is -0.508 e. The Balaban J connectivity index is 1.32. The summed E-state index contributed by atoms with van der Waals surface area (Å²) in [4.78, 5) is 26.0. The molecule has 276 valence electrons. The van der Waals surface area contributed by atoms with Gasteiger partial charge in [-0.15, -0.1) is 6.42 Å². The first-order valence-electron chi connectivity index (χ1n) is 17.9. The number of benzene rings is 2. The highest BCUT2D eigenvalue weighted by Crippen LogP contribution is 2.57. The van der Waals surface area contributed by atoms with Gasteiger partial charge in [0.05, 0.1) is 54.9 Å². The van der Waals surface area contributed by atoms with Crippen LogP contribution in [0.15, 0.2) is 43.1 Å². The average Bonchev–Trinajstić information content (AvgIpc) is 3.96. The van der Waals surface area contributed by atoms with Crippen LogP contribution in [0.4, 0.5) is 14.5 Å². The molecule has 4 aromatic rings. The number of aliphatic hydroxyl groups is 1. The molecule has 2 aromatic carbocycles. The molecule has 1 saturated carbocycles. The number of pyridine rings is 2. The van der Waals surface area contributed by atoms with E-state index in [1.807, 2.05) is 4.90 Å². The van der Waals surface area contributed by atoms with Crippen LogP contribution < -0.4 is 15.0 Å². The highest BCUT2D eigenvalue weighted by molar-refractivity contribution is 6.03. The molecule has 3 aliphatic heterocycles. The van der Waals surface area contributed by atoms with Gasteiger partial charge in [-0.05, 0) is 49.4 Å². The molecule has 13 heteroatoms. The van der Waals surface area contributed by atoms with Crippen molar-refractivity contribution in [2.75, 3.05) is 64.1 Å². The van der Waals surface area contributed by atoms with Crippen molar-refractivity contribution in [3.63, 3.8) is 0 Å². The maximum Gasteiger partial charge on any atom is 0.243 e. The Hall–Kier alpha value is -4.87. The van der Waals surface area contributed by atoms with Gasteiger partial charge >= 0.3 is 0 Å². The molecule has 3 fully saturated rings. The van der Waals surface area contributed by atoms with Gasteiger partial charge in [-0.2, -0.15) is 0 Å². The predicted octanol–water partition coefficient (Wildman–Crippen LogP) is 4.39. The molecule has 53 heavy (non-hydrogen) atoms. The van der Waals surface area contributed by atoms with Gasteiger partial charge in [0.15, 0.2) is 5.82 Å². The van der Waals surface area contributed by atoms with Crippen molar-refractivity contribution in [2.45, 2.75) is 43.9 Å². The summed E-state index contributed by atoms with van der Waals surface area (Å²) in [6, 6.07) is 4.93. The Bertz CT molecular complexity index is 2180. The van der Waals surface area contributed by atoms with Crippen LogP contribution >= 0.6 is 0 Å². The number of carbonyl (C=O) groups excluding carboxylic acids is 1. The largest absolute Gasteiger partial charge is 0.508 e. The fraction of sp³-hybridized carbons (Fsp3) is 0.425. The number of hydrogen-bond acceptors (Lipinski definition) is 10. The van der Waals surface area contributed by atoms with Crippen LogP contribution in [0, 0.1) is 29.4 Å². The van der Waals surface area contributed by atoms with Crippen molar-refractivity contribution in [3.8, 4) is 35.2 Å². The number of anilines is 1. The van der Waals surface area contributed by atoms with E-state index in [-0.39, 0.29) is 76.9 Å². The number of nitrogens with zero attached hydrogens (tertiary/aromatic N) is 4. The van der Waals surface area contributed by atoms with Crippen LogP contribution in [0.2, 0.25) is 0 Å². The number of ether oxygens (including phenoxy) is 3. The van der Waals surface area contributed by atoms with Gasteiger partial charge in [-0.1, -0.05) is 18.6 Å². The predicted molar refractivity (Wildman–Crippen MR) is 195 cm³/mol. The summed E-state index contributed by atoms with van der Waals surface area (Å²) >= 11 is 0. The maximum atomic E-state index is 17.3. The minimum atomic E-state index is -1.45. The van der Waals surface area contributed by atoms with Crippen molar-refractivity contribution in [1.29, 1.82) is 0 Å². The summed E-state index contributed by atoms with van der Waals surface area (Å²) in [6.45, 7) is 10.1. The summed E-state index contributed by atoms with van der Waals surface area (Å²) in [6.07, 6.45) is 10.1. The second kappa shape index (κ2) is 13.5. The molecule has 4 aliphatic rings. The second-order valence-corrected chi connectivity index (χ2v) is 14.7. The van der Waals surface area contributed by atoms with Gasteiger partial charge in [0.1, 0.15) is 28.9 Å². The third kappa shape index (κ3) is 6.33. The standard InChI is InChI=1S/C40H41F2N5O6/c1-4-26-29(41)7-6-23-16-25(48)17-27(32(23)26)35-34(42)36-28(19-43-35)37(47-12-15-52-21-24(20-47)44-31(49)5-2)33-38(45-36)53-30(18-39(33,3)50)40(8-9-40)22-46-10-13-51-14-11-46/h1,5-7,16-17,19,24,30,48,50H,2,8-15,18,20-22H2,3H3,(H,44,49)/t24?,30-,39+/m1/s1. The lowest BCUT2D eigenvalue weighted by Crippen LogP contribution is -2.49. The maximum absolute atomic E-state index is 17.3. The SMILES string of the molecule is C#Cc1c(F)ccc2cc(O)cc(-c3ncc4c(N5CCOCC(NC(=O)C=C)C5)c5c(nc4c3F)O[C@@H](C3(CN4CCOCC4)CC3)C[C@]5(C)O)c12. The Morgan fingerprint density at radius 2 is 1.96 bits per heavy atom. The van der Waals surface area contributed by atoms with Crippen LogP contribution in [0.1, 0.15) is 37.3 Å². The summed E-state index contributed by atoms with van der Waals surface area (Å²) < 4.78 is 50.5. The molecule has 0 radical (unpaired) electrons. The Kier molecular flexibility index (Phi) is 8.97. The number of morpholine rings is 1. The van der Waals surface area contributed by atoms with E-state index < -0.39 is 29.4 Å². The molecular formula is C40H41F2N5O6. The topological polar surface area (TPSA) is 130 Å². The number of aromatic nitrogens is 2.